The molecular weight excluding hydrogens is 212 g/mol. The van der Waals surface area contributed by atoms with Crippen molar-refractivity contribution in [1.82, 2.24) is 10.2 Å². The van der Waals surface area contributed by atoms with Crippen molar-refractivity contribution in [3.8, 4) is 0 Å². The lowest BCUT2D eigenvalue weighted by Crippen LogP contribution is -2.45. The SMILES string of the molecule is CCN(CC)CC(=O)NC1C(C)=CC=CC1C. The fourth-order valence-electron chi connectivity index (χ4n) is 2.13. The van der Waals surface area contributed by atoms with Gasteiger partial charge in [0.25, 0.3) is 0 Å². The van der Waals surface area contributed by atoms with E-state index < -0.39 is 0 Å². The van der Waals surface area contributed by atoms with Gasteiger partial charge in [-0.2, -0.15) is 0 Å². The molecule has 1 aliphatic carbocycles. The minimum absolute atomic E-state index is 0.119. The summed E-state index contributed by atoms with van der Waals surface area (Å²) in [5, 5.41) is 3.12. The van der Waals surface area contributed by atoms with Gasteiger partial charge in [0, 0.05) is 0 Å². The van der Waals surface area contributed by atoms with Gasteiger partial charge in [0.15, 0.2) is 0 Å². The molecule has 0 aliphatic heterocycles. The molecule has 0 aromatic carbocycles. The minimum atomic E-state index is 0.119. The zero-order valence-electron chi connectivity index (χ0n) is 11.4. The molecule has 0 heterocycles. The molecular formula is C14H24N2O. The van der Waals surface area contributed by atoms with Crippen LogP contribution in [0.5, 0.6) is 0 Å². The van der Waals surface area contributed by atoms with Gasteiger partial charge >= 0.3 is 0 Å². The quantitative estimate of drug-likeness (QED) is 0.791. The van der Waals surface area contributed by atoms with Gasteiger partial charge in [0.1, 0.15) is 0 Å². The first-order valence-electron chi connectivity index (χ1n) is 6.45. The summed E-state index contributed by atoms with van der Waals surface area (Å²) >= 11 is 0. The number of carbonyl (C=O) groups is 1. The molecule has 0 saturated heterocycles. The van der Waals surface area contributed by atoms with Crippen LogP contribution in [0.3, 0.4) is 0 Å². The van der Waals surface area contributed by atoms with Gasteiger partial charge in [-0.15, -0.1) is 0 Å². The molecule has 0 bridgehead atoms. The lowest BCUT2D eigenvalue weighted by atomic mass is 9.91. The Bertz CT molecular complexity index is 316. The molecule has 0 radical (unpaired) electrons. The molecule has 1 amide bonds. The van der Waals surface area contributed by atoms with Crippen LogP contribution in [0.4, 0.5) is 0 Å². The van der Waals surface area contributed by atoms with Crippen molar-refractivity contribution < 1.29 is 4.79 Å². The van der Waals surface area contributed by atoms with E-state index >= 15 is 0 Å². The number of nitrogens with zero attached hydrogens (tertiary/aromatic N) is 1. The smallest absolute Gasteiger partial charge is 0.234 e. The molecule has 3 nitrogen and oxygen atoms in total. The largest absolute Gasteiger partial charge is 0.348 e. The first kappa shape index (κ1) is 14.0. The Kier molecular flexibility index (Phi) is 5.42. The Morgan fingerprint density at radius 3 is 2.59 bits per heavy atom. The molecule has 0 fully saturated rings. The number of rotatable bonds is 5. The second-order valence-corrected chi connectivity index (χ2v) is 4.66. The van der Waals surface area contributed by atoms with Gasteiger partial charge in [-0.3, -0.25) is 9.69 Å². The van der Waals surface area contributed by atoms with E-state index in [9.17, 15) is 4.79 Å². The van der Waals surface area contributed by atoms with Crippen LogP contribution in [0.1, 0.15) is 27.7 Å². The van der Waals surface area contributed by atoms with Crippen LogP contribution in [0.2, 0.25) is 0 Å². The summed E-state index contributed by atoms with van der Waals surface area (Å²) in [6.45, 7) is 10.7. The highest BCUT2D eigenvalue weighted by Crippen LogP contribution is 2.18. The summed E-state index contributed by atoms with van der Waals surface area (Å²) < 4.78 is 0. The fraction of sp³-hybridized carbons (Fsp3) is 0.643. The number of allylic oxidation sites excluding steroid dienone is 2. The number of hydrogen-bond donors (Lipinski definition) is 1. The van der Waals surface area contributed by atoms with Crippen LogP contribution in [0, 0.1) is 5.92 Å². The second-order valence-electron chi connectivity index (χ2n) is 4.66. The maximum absolute atomic E-state index is 11.9. The molecule has 96 valence electrons. The van der Waals surface area contributed by atoms with Crippen molar-refractivity contribution in [1.29, 1.82) is 0 Å². The third-order valence-electron chi connectivity index (χ3n) is 3.37. The van der Waals surface area contributed by atoms with Crippen molar-refractivity contribution in [2.45, 2.75) is 33.7 Å². The highest BCUT2D eigenvalue weighted by atomic mass is 16.2. The zero-order chi connectivity index (χ0) is 12.8. The van der Waals surface area contributed by atoms with Crippen LogP contribution in [0.15, 0.2) is 23.8 Å². The van der Waals surface area contributed by atoms with Crippen molar-refractivity contribution >= 4 is 5.91 Å². The lowest BCUT2D eigenvalue weighted by Gasteiger charge is -2.27. The third kappa shape index (κ3) is 4.00. The summed E-state index contributed by atoms with van der Waals surface area (Å²) in [5.74, 6) is 0.495. The normalized spacial score (nSPS) is 23.7. The number of hydrogen-bond acceptors (Lipinski definition) is 2. The van der Waals surface area contributed by atoms with E-state index in [1.54, 1.807) is 0 Å². The van der Waals surface area contributed by atoms with Gasteiger partial charge in [-0.25, -0.2) is 0 Å². The second kappa shape index (κ2) is 6.60. The Balaban J connectivity index is 2.51. The van der Waals surface area contributed by atoms with E-state index in [0.29, 0.717) is 12.5 Å². The van der Waals surface area contributed by atoms with Crippen molar-refractivity contribution in [2.75, 3.05) is 19.6 Å². The molecule has 17 heavy (non-hydrogen) atoms. The Morgan fingerprint density at radius 1 is 1.41 bits per heavy atom. The average molecular weight is 236 g/mol. The summed E-state index contributed by atoms with van der Waals surface area (Å²) in [6, 6.07) is 0.156. The molecule has 1 aliphatic rings. The molecule has 3 heteroatoms. The van der Waals surface area contributed by atoms with E-state index in [1.807, 2.05) is 0 Å². The minimum Gasteiger partial charge on any atom is -0.348 e. The molecule has 0 saturated carbocycles. The predicted octanol–water partition coefficient (Wildman–Crippen LogP) is 1.97. The van der Waals surface area contributed by atoms with Gasteiger partial charge < -0.3 is 5.32 Å². The number of nitrogens with one attached hydrogen (secondary N) is 1. The molecule has 0 spiro atoms. The van der Waals surface area contributed by atoms with Crippen LogP contribution < -0.4 is 5.32 Å². The van der Waals surface area contributed by atoms with Gasteiger partial charge in [0.2, 0.25) is 5.91 Å². The van der Waals surface area contributed by atoms with Crippen molar-refractivity contribution in [3.05, 3.63) is 23.8 Å². The topological polar surface area (TPSA) is 32.3 Å². The van der Waals surface area contributed by atoms with E-state index in [1.165, 1.54) is 5.57 Å². The molecule has 1 N–H and O–H groups in total. The molecule has 2 unspecified atom stereocenters. The highest BCUT2D eigenvalue weighted by molar-refractivity contribution is 5.78. The van der Waals surface area contributed by atoms with E-state index in [2.05, 4.69) is 56.1 Å². The summed E-state index contributed by atoms with van der Waals surface area (Å²) in [6.07, 6.45) is 6.27. The fourth-order valence-corrected chi connectivity index (χ4v) is 2.13. The first-order chi connectivity index (χ1) is 8.08. The van der Waals surface area contributed by atoms with Crippen molar-refractivity contribution in [2.24, 2.45) is 5.92 Å². The average Bonchev–Trinajstić information content (AvgIpc) is 2.31. The van der Waals surface area contributed by atoms with E-state index in [0.717, 1.165) is 13.1 Å². The Hall–Kier alpha value is -1.09. The number of likely N-dealkylation sites (N-methyl/N-ethyl adjacent to an activating group) is 1. The lowest BCUT2D eigenvalue weighted by molar-refractivity contribution is -0.122. The molecule has 2 atom stereocenters. The number of amides is 1. The van der Waals surface area contributed by atoms with Crippen molar-refractivity contribution in [3.63, 3.8) is 0 Å². The van der Waals surface area contributed by atoms with E-state index in [4.69, 9.17) is 0 Å². The van der Waals surface area contributed by atoms with E-state index in [-0.39, 0.29) is 11.9 Å². The summed E-state index contributed by atoms with van der Waals surface area (Å²) in [5.41, 5.74) is 1.23. The van der Waals surface area contributed by atoms with Crippen LogP contribution in [-0.2, 0) is 4.79 Å². The third-order valence-corrected chi connectivity index (χ3v) is 3.37. The van der Waals surface area contributed by atoms with Crippen LogP contribution in [-0.4, -0.2) is 36.5 Å². The number of carbonyl (C=O) groups excluding carboxylic acids is 1. The first-order valence-corrected chi connectivity index (χ1v) is 6.45. The van der Waals surface area contributed by atoms with Crippen LogP contribution in [0.25, 0.3) is 0 Å². The molecule has 0 aromatic heterocycles. The molecule has 1 rings (SSSR count). The Morgan fingerprint density at radius 2 is 2.06 bits per heavy atom. The maximum Gasteiger partial charge on any atom is 0.234 e. The highest BCUT2D eigenvalue weighted by Gasteiger charge is 2.21. The molecule has 0 aromatic rings. The Labute approximate surface area is 105 Å². The van der Waals surface area contributed by atoms with Gasteiger partial charge in [-0.05, 0) is 25.9 Å². The van der Waals surface area contributed by atoms with Gasteiger partial charge in [-0.1, -0.05) is 44.6 Å². The summed E-state index contributed by atoms with van der Waals surface area (Å²) in [4.78, 5) is 14.0. The zero-order valence-corrected chi connectivity index (χ0v) is 11.4. The summed E-state index contributed by atoms with van der Waals surface area (Å²) in [7, 11) is 0. The van der Waals surface area contributed by atoms with Crippen LogP contribution >= 0.6 is 0 Å². The standard InChI is InChI=1S/C14H24N2O/c1-5-16(6-2)10-13(17)15-14-11(3)8-7-9-12(14)4/h7-9,11,14H,5-6,10H2,1-4H3,(H,15,17). The van der Waals surface area contributed by atoms with Gasteiger partial charge in [0.05, 0.1) is 12.6 Å². The predicted molar refractivity (Wildman–Crippen MR) is 71.8 cm³/mol. The monoisotopic (exact) mass is 236 g/mol. The maximum atomic E-state index is 11.9.